The Morgan fingerprint density at radius 3 is 2.47 bits per heavy atom. The van der Waals surface area contributed by atoms with Crippen LogP contribution in [0, 0.1) is 0 Å². The fourth-order valence-corrected chi connectivity index (χ4v) is 1.79. The van der Waals surface area contributed by atoms with Crippen molar-refractivity contribution in [2.24, 2.45) is 0 Å². The van der Waals surface area contributed by atoms with Crippen molar-refractivity contribution < 1.29 is 14.6 Å². The number of benzene rings is 2. The SMILES string of the molecule is C=C(CC)COc1cc2ccccc2cc1C(=O)O. The van der Waals surface area contributed by atoms with E-state index in [2.05, 4.69) is 6.58 Å². The Kier molecular flexibility index (Phi) is 3.85. The molecule has 0 atom stereocenters. The van der Waals surface area contributed by atoms with Gasteiger partial charge in [-0.05, 0) is 34.9 Å². The van der Waals surface area contributed by atoms with Gasteiger partial charge in [-0.1, -0.05) is 37.8 Å². The molecule has 0 bridgehead atoms. The van der Waals surface area contributed by atoms with Crippen LogP contribution in [0.25, 0.3) is 10.8 Å². The molecule has 1 N–H and O–H groups in total. The molecule has 0 radical (unpaired) electrons. The van der Waals surface area contributed by atoms with E-state index < -0.39 is 5.97 Å². The summed E-state index contributed by atoms with van der Waals surface area (Å²) in [6.07, 6.45) is 0.815. The summed E-state index contributed by atoms with van der Waals surface area (Å²) < 4.78 is 5.58. The number of ether oxygens (including phenoxy) is 1. The molecule has 3 heteroatoms. The molecular weight excluding hydrogens is 240 g/mol. The lowest BCUT2D eigenvalue weighted by molar-refractivity contribution is 0.0693. The van der Waals surface area contributed by atoms with Gasteiger partial charge in [0.15, 0.2) is 0 Å². The molecule has 2 aromatic rings. The smallest absolute Gasteiger partial charge is 0.339 e. The normalized spacial score (nSPS) is 10.4. The minimum absolute atomic E-state index is 0.183. The van der Waals surface area contributed by atoms with Crippen LogP contribution in [-0.2, 0) is 0 Å². The summed E-state index contributed by atoms with van der Waals surface area (Å²) in [5.41, 5.74) is 1.12. The number of carbonyl (C=O) groups is 1. The van der Waals surface area contributed by atoms with Gasteiger partial charge >= 0.3 is 5.97 Å². The lowest BCUT2D eigenvalue weighted by atomic mass is 10.1. The van der Waals surface area contributed by atoms with Gasteiger partial charge in [-0.2, -0.15) is 0 Å². The van der Waals surface area contributed by atoms with Crippen molar-refractivity contribution in [3.05, 3.63) is 54.1 Å². The van der Waals surface area contributed by atoms with Crippen LogP contribution in [0.2, 0.25) is 0 Å². The van der Waals surface area contributed by atoms with Crippen molar-refractivity contribution in [3.8, 4) is 5.75 Å². The molecule has 0 saturated carbocycles. The zero-order valence-electron chi connectivity index (χ0n) is 10.8. The third kappa shape index (κ3) is 2.94. The van der Waals surface area contributed by atoms with Crippen LogP contribution in [0.4, 0.5) is 0 Å². The third-order valence-electron chi connectivity index (χ3n) is 3.01. The van der Waals surface area contributed by atoms with E-state index >= 15 is 0 Å². The molecule has 2 rings (SSSR count). The Morgan fingerprint density at radius 1 is 1.26 bits per heavy atom. The van der Waals surface area contributed by atoms with Gasteiger partial charge < -0.3 is 9.84 Å². The quantitative estimate of drug-likeness (QED) is 0.826. The van der Waals surface area contributed by atoms with E-state index in [1.807, 2.05) is 31.2 Å². The fourth-order valence-electron chi connectivity index (χ4n) is 1.79. The molecule has 0 amide bonds. The maximum atomic E-state index is 11.3. The Morgan fingerprint density at radius 2 is 1.89 bits per heavy atom. The van der Waals surface area contributed by atoms with E-state index in [1.54, 1.807) is 12.1 Å². The molecule has 2 aromatic carbocycles. The van der Waals surface area contributed by atoms with Gasteiger partial charge in [0.05, 0.1) is 0 Å². The van der Waals surface area contributed by atoms with Crippen molar-refractivity contribution in [2.45, 2.75) is 13.3 Å². The standard InChI is InChI=1S/C16H16O3/c1-3-11(2)10-19-15-9-13-7-5-4-6-12(13)8-14(15)16(17)18/h4-9H,2-3,10H2,1H3,(H,17,18). The predicted molar refractivity (Wildman–Crippen MR) is 75.8 cm³/mol. The van der Waals surface area contributed by atoms with E-state index in [0.29, 0.717) is 12.4 Å². The zero-order valence-corrected chi connectivity index (χ0v) is 10.8. The van der Waals surface area contributed by atoms with Crippen molar-refractivity contribution >= 4 is 16.7 Å². The Bertz CT molecular complexity index is 629. The van der Waals surface area contributed by atoms with Gasteiger partial charge in [-0.3, -0.25) is 0 Å². The summed E-state index contributed by atoms with van der Waals surface area (Å²) in [7, 11) is 0. The van der Waals surface area contributed by atoms with Crippen molar-refractivity contribution in [1.29, 1.82) is 0 Å². The molecule has 0 saturated heterocycles. The van der Waals surface area contributed by atoms with Crippen molar-refractivity contribution in [1.82, 2.24) is 0 Å². The second kappa shape index (κ2) is 5.57. The van der Waals surface area contributed by atoms with E-state index in [0.717, 1.165) is 22.8 Å². The largest absolute Gasteiger partial charge is 0.488 e. The first-order chi connectivity index (χ1) is 9.11. The first-order valence-corrected chi connectivity index (χ1v) is 6.17. The summed E-state index contributed by atoms with van der Waals surface area (Å²) in [5, 5.41) is 11.1. The summed E-state index contributed by atoms with van der Waals surface area (Å²) in [4.78, 5) is 11.3. The highest BCUT2D eigenvalue weighted by Crippen LogP contribution is 2.26. The molecule has 0 aliphatic heterocycles. The van der Waals surface area contributed by atoms with Crippen molar-refractivity contribution in [3.63, 3.8) is 0 Å². The molecule has 0 fully saturated rings. The third-order valence-corrected chi connectivity index (χ3v) is 3.01. The van der Waals surface area contributed by atoms with Crippen LogP contribution >= 0.6 is 0 Å². The summed E-state index contributed by atoms with van der Waals surface area (Å²) in [6.45, 7) is 6.19. The van der Waals surface area contributed by atoms with Crippen LogP contribution in [0.3, 0.4) is 0 Å². The Balaban J connectivity index is 2.42. The zero-order chi connectivity index (χ0) is 13.8. The molecule has 0 spiro atoms. The molecule has 0 heterocycles. The number of carboxylic acids is 1. The first kappa shape index (κ1) is 13.1. The molecule has 0 aliphatic carbocycles. The number of rotatable bonds is 5. The van der Waals surface area contributed by atoms with Gasteiger partial charge in [-0.15, -0.1) is 0 Å². The van der Waals surface area contributed by atoms with Crippen LogP contribution in [-0.4, -0.2) is 17.7 Å². The summed E-state index contributed by atoms with van der Waals surface area (Å²) >= 11 is 0. The number of hydrogen-bond donors (Lipinski definition) is 1. The molecule has 0 aliphatic rings. The van der Waals surface area contributed by atoms with Gasteiger partial charge in [0.2, 0.25) is 0 Å². The van der Waals surface area contributed by atoms with Crippen LogP contribution < -0.4 is 4.74 Å². The predicted octanol–water partition coefficient (Wildman–Crippen LogP) is 3.88. The minimum Gasteiger partial charge on any atom is -0.488 e. The number of fused-ring (bicyclic) bond motifs is 1. The molecule has 98 valence electrons. The number of hydrogen-bond acceptors (Lipinski definition) is 2. The monoisotopic (exact) mass is 256 g/mol. The second-order valence-corrected chi connectivity index (χ2v) is 4.39. The number of aromatic carboxylic acids is 1. The Labute approximate surface area is 112 Å². The van der Waals surface area contributed by atoms with Gasteiger partial charge in [-0.25, -0.2) is 4.79 Å². The maximum Gasteiger partial charge on any atom is 0.339 e. The molecular formula is C16H16O3. The second-order valence-electron chi connectivity index (χ2n) is 4.39. The topological polar surface area (TPSA) is 46.5 Å². The van der Waals surface area contributed by atoms with Gasteiger partial charge in [0.1, 0.15) is 17.9 Å². The molecule has 19 heavy (non-hydrogen) atoms. The van der Waals surface area contributed by atoms with Gasteiger partial charge in [0, 0.05) is 0 Å². The highest BCUT2D eigenvalue weighted by Gasteiger charge is 2.13. The lowest BCUT2D eigenvalue weighted by Gasteiger charge is -2.11. The lowest BCUT2D eigenvalue weighted by Crippen LogP contribution is -2.05. The summed E-state index contributed by atoms with van der Waals surface area (Å²) in [6, 6.07) is 11.0. The highest BCUT2D eigenvalue weighted by atomic mass is 16.5. The highest BCUT2D eigenvalue weighted by molar-refractivity contribution is 5.97. The first-order valence-electron chi connectivity index (χ1n) is 6.17. The fraction of sp³-hybridized carbons (Fsp3) is 0.188. The molecule has 0 aromatic heterocycles. The Hall–Kier alpha value is -2.29. The van der Waals surface area contributed by atoms with Gasteiger partial charge in [0.25, 0.3) is 0 Å². The van der Waals surface area contributed by atoms with Crippen LogP contribution in [0.1, 0.15) is 23.7 Å². The maximum absolute atomic E-state index is 11.3. The number of carboxylic acid groups (broad SMARTS) is 1. The summed E-state index contributed by atoms with van der Waals surface area (Å²) in [5.74, 6) is -0.594. The molecule has 3 nitrogen and oxygen atoms in total. The van der Waals surface area contributed by atoms with E-state index in [4.69, 9.17) is 4.74 Å². The van der Waals surface area contributed by atoms with Crippen molar-refractivity contribution in [2.75, 3.05) is 6.61 Å². The average molecular weight is 256 g/mol. The minimum atomic E-state index is -0.983. The average Bonchev–Trinajstić information content (AvgIpc) is 2.43. The van der Waals surface area contributed by atoms with Crippen LogP contribution in [0.5, 0.6) is 5.75 Å². The van der Waals surface area contributed by atoms with E-state index in [9.17, 15) is 9.90 Å². The van der Waals surface area contributed by atoms with Crippen LogP contribution in [0.15, 0.2) is 48.6 Å². The van der Waals surface area contributed by atoms with E-state index in [-0.39, 0.29) is 5.56 Å². The van der Waals surface area contributed by atoms with E-state index in [1.165, 1.54) is 0 Å². The molecule has 0 unspecified atom stereocenters.